The van der Waals surface area contributed by atoms with Gasteiger partial charge >= 0.3 is 0 Å². The van der Waals surface area contributed by atoms with Crippen LogP contribution < -0.4 is 5.32 Å². The number of nitrogens with zero attached hydrogens (tertiary/aromatic N) is 1. The maximum atomic E-state index is 14.0. The molecular formula is C15H17FN2S. The summed E-state index contributed by atoms with van der Waals surface area (Å²) in [5.74, 6) is 0.0804. The van der Waals surface area contributed by atoms with Crippen molar-refractivity contribution < 1.29 is 4.39 Å². The van der Waals surface area contributed by atoms with E-state index in [0.29, 0.717) is 6.04 Å². The molecule has 1 unspecified atom stereocenters. The molecule has 1 heterocycles. The fourth-order valence-electron chi connectivity index (χ4n) is 2.28. The number of nitrogens with one attached hydrogen (secondary N) is 1. The largest absolute Gasteiger partial charge is 0.313 e. The number of halogens is 1. The minimum absolute atomic E-state index is 0.102. The van der Waals surface area contributed by atoms with Gasteiger partial charge in [0.15, 0.2) is 0 Å². The first kappa shape index (κ1) is 12.8. The lowest BCUT2D eigenvalue weighted by molar-refractivity contribution is 0.537. The van der Waals surface area contributed by atoms with Crippen LogP contribution in [0.25, 0.3) is 0 Å². The van der Waals surface area contributed by atoms with E-state index in [1.165, 1.54) is 17.7 Å². The molecule has 1 aliphatic rings. The van der Waals surface area contributed by atoms with Crippen molar-refractivity contribution >= 4 is 11.3 Å². The number of hydrogen-bond donors (Lipinski definition) is 1. The molecule has 1 aromatic heterocycles. The van der Waals surface area contributed by atoms with Gasteiger partial charge in [0.1, 0.15) is 5.82 Å². The predicted molar refractivity (Wildman–Crippen MR) is 76.0 cm³/mol. The smallest absolute Gasteiger partial charge is 0.126 e. The molecule has 4 heteroatoms. The lowest BCUT2D eigenvalue weighted by atomic mass is 9.94. The summed E-state index contributed by atoms with van der Waals surface area (Å²) in [5.41, 5.74) is 2.64. The maximum Gasteiger partial charge on any atom is 0.126 e. The van der Waals surface area contributed by atoms with Crippen molar-refractivity contribution in [2.75, 3.05) is 6.54 Å². The van der Waals surface area contributed by atoms with Gasteiger partial charge in [-0.05, 0) is 30.9 Å². The van der Waals surface area contributed by atoms with Gasteiger partial charge in [-0.1, -0.05) is 18.2 Å². The fraction of sp³-hybridized carbons (Fsp3) is 0.400. The van der Waals surface area contributed by atoms with E-state index >= 15 is 0 Å². The van der Waals surface area contributed by atoms with E-state index in [4.69, 9.17) is 0 Å². The highest BCUT2D eigenvalue weighted by molar-refractivity contribution is 7.09. The zero-order valence-corrected chi connectivity index (χ0v) is 11.5. The molecule has 100 valence electrons. The Labute approximate surface area is 116 Å². The topological polar surface area (TPSA) is 24.9 Å². The first-order valence-electron chi connectivity index (χ1n) is 6.68. The summed E-state index contributed by atoms with van der Waals surface area (Å²) in [6, 6.07) is 7.75. The van der Waals surface area contributed by atoms with Gasteiger partial charge in [-0.3, -0.25) is 4.98 Å². The third kappa shape index (κ3) is 3.39. The van der Waals surface area contributed by atoms with Crippen molar-refractivity contribution in [3.8, 4) is 0 Å². The molecule has 0 spiro atoms. The van der Waals surface area contributed by atoms with Crippen LogP contribution in [0.3, 0.4) is 0 Å². The molecule has 1 aromatic carbocycles. The molecule has 2 nitrogen and oxygen atoms in total. The third-order valence-corrected chi connectivity index (χ3v) is 4.31. The molecule has 2 aromatic rings. The lowest BCUT2D eigenvalue weighted by Gasteiger charge is -2.18. The third-order valence-electron chi connectivity index (χ3n) is 3.51. The molecule has 0 saturated heterocycles. The molecule has 1 atom stereocenters. The maximum absolute atomic E-state index is 14.0. The molecular weight excluding hydrogens is 259 g/mol. The Balaban J connectivity index is 1.76. The second kappa shape index (κ2) is 5.80. The van der Waals surface area contributed by atoms with Crippen LogP contribution in [0.4, 0.5) is 4.39 Å². The number of thiazole rings is 1. The summed E-state index contributed by atoms with van der Waals surface area (Å²) in [5, 5.41) is 3.51. The number of aromatic nitrogens is 1. The quantitative estimate of drug-likeness (QED) is 0.875. The summed E-state index contributed by atoms with van der Waals surface area (Å²) >= 11 is 1.64. The Hall–Kier alpha value is -1.26. The van der Waals surface area contributed by atoms with E-state index in [1.807, 2.05) is 23.8 Å². The second-order valence-electron chi connectivity index (χ2n) is 5.07. The van der Waals surface area contributed by atoms with Crippen LogP contribution in [0.2, 0.25) is 0 Å². The second-order valence-corrected chi connectivity index (χ2v) is 6.04. The molecule has 0 amide bonds. The van der Waals surface area contributed by atoms with Crippen LogP contribution in [0.15, 0.2) is 36.0 Å². The average molecular weight is 276 g/mol. The minimum atomic E-state index is -0.102. The molecule has 1 N–H and O–H groups in total. The Bertz CT molecular complexity index is 523. The zero-order chi connectivity index (χ0) is 13.1. The van der Waals surface area contributed by atoms with E-state index in [9.17, 15) is 4.39 Å². The summed E-state index contributed by atoms with van der Waals surface area (Å²) in [6.45, 7) is 0.837. The predicted octanol–water partition coefficient (Wildman–Crippen LogP) is 3.36. The summed E-state index contributed by atoms with van der Waals surface area (Å²) in [4.78, 5) is 5.32. The van der Waals surface area contributed by atoms with Crippen molar-refractivity contribution in [1.82, 2.24) is 10.3 Å². The molecule has 19 heavy (non-hydrogen) atoms. The van der Waals surface area contributed by atoms with E-state index in [-0.39, 0.29) is 11.7 Å². The average Bonchev–Trinajstić information content (AvgIpc) is 3.11. The van der Waals surface area contributed by atoms with Crippen LogP contribution in [0.1, 0.15) is 29.2 Å². The number of rotatable bonds is 6. The Morgan fingerprint density at radius 2 is 2.21 bits per heavy atom. The standard InChI is InChI=1S/C15H17FN2S/c16-15-4-2-1-3-14(15)11(8-18-12-5-6-12)7-13-9-17-10-19-13/h1-4,9-12,18H,5-8H2. The lowest BCUT2D eigenvalue weighted by Crippen LogP contribution is -2.25. The van der Waals surface area contributed by atoms with Gasteiger partial charge in [-0.2, -0.15) is 0 Å². The highest BCUT2D eigenvalue weighted by atomic mass is 32.1. The van der Waals surface area contributed by atoms with Gasteiger partial charge < -0.3 is 5.32 Å². The summed E-state index contributed by atoms with van der Waals surface area (Å²) < 4.78 is 14.0. The molecule has 0 radical (unpaired) electrons. The minimum Gasteiger partial charge on any atom is -0.313 e. The van der Waals surface area contributed by atoms with Gasteiger partial charge in [0.05, 0.1) is 5.51 Å². The van der Waals surface area contributed by atoms with Crippen molar-refractivity contribution in [3.05, 3.63) is 52.2 Å². The van der Waals surface area contributed by atoms with Crippen LogP contribution in [-0.4, -0.2) is 17.6 Å². The Morgan fingerprint density at radius 3 is 2.89 bits per heavy atom. The van der Waals surface area contributed by atoms with E-state index in [1.54, 1.807) is 23.5 Å². The highest BCUT2D eigenvalue weighted by Gasteiger charge is 2.23. The summed E-state index contributed by atoms with van der Waals surface area (Å²) in [6.07, 6.45) is 5.25. The van der Waals surface area contributed by atoms with Crippen molar-refractivity contribution in [1.29, 1.82) is 0 Å². The number of benzene rings is 1. The molecule has 3 rings (SSSR count). The molecule has 1 aliphatic carbocycles. The Morgan fingerprint density at radius 1 is 1.37 bits per heavy atom. The molecule has 0 bridgehead atoms. The van der Waals surface area contributed by atoms with Crippen LogP contribution >= 0.6 is 11.3 Å². The van der Waals surface area contributed by atoms with Crippen molar-refractivity contribution in [3.63, 3.8) is 0 Å². The number of hydrogen-bond acceptors (Lipinski definition) is 3. The van der Waals surface area contributed by atoms with Gasteiger partial charge in [-0.25, -0.2) is 4.39 Å². The van der Waals surface area contributed by atoms with Gasteiger partial charge in [0.25, 0.3) is 0 Å². The van der Waals surface area contributed by atoms with Crippen molar-refractivity contribution in [2.24, 2.45) is 0 Å². The fourth-order valence-corrected chi connectivity index (χ4v) is 2.96. The molecule has 0 aliphatic heterocycles. The first-order chi connectivity index (χ1) is 9.33. The summed E-state index contributed by atoms with van der Waals surface area (Å²) in [7, 11) is 0. The normalized spacial score (nSPS) is 16.5. The van der Waals surface area contributed by atoms with Gasteiger partial charge in [-0.15, -0.1) is 11.3 Å². The molecule has 1 fully saturated rings. The van der Waals surface area contributed by atoms with Crippen molar-refractivity contribution in [2.45, 2.75) is 31.2 Å². The SMILES string of the molecule is Fc1ccccc1C(CNC1CC1)Cc1cncs1. The van der Waals surface area contributed by atoms with E-state index in [2.05, 4.69) is 10.3 Å². The first-order valence-corrected chi connectivity index (χ1v) is 7.56. The monoisotopic (exact) mass is 276 g/mol. The van der Waals surface area contributed by atoms with Crippen LogP contribution in [-0.2, 0) is 6.42 Å². The Kier molecular flexibility index (Phi) is 3.89. The van der Waals surface area contributed by atoms with Gasteiger partial charge in [0.2, 0.25) is 0 Å². The highest BCUT2D eigenvalue weighted by Crippen LogP contribution is 2.26. The van der Waals surface area contributed by atoms with Gasteiger partial charge in [0, 0.05) is 29.6 Å². The van der Waals surface area contributed by atoms with E-state index < -0.39 is 0 Å². The zero-order valence-electron chi connectivity index (χ0n) is 10.7. The van der Waals surface area contributed by atoms with Crippen LogP contribution in [0.5, 0.6) is 0 Å². The molecule has 1 saturated carbocycles. The van der Waals surface area contributed by atoms with E-state index in [0.717, 1.165) is 18.5 Å². The van der Waals surface area contributed by atoms with Crippen LogP contribution in [0, 0.1) is 5.82 Å².